The summed E-state index contributed by atoms with van der Waals surface area (Å²) in [5, 5.41) is 9.84. The predicted octanol–water partition coefficient (Wildman–Crippen LogP) is 8.99. The van der Waals surface area contributed by atoms with Crippen LogP contribution in [0.1, 0.15) is 78.5 Å². The van der Waals surface area contributed by atoms with Gasteiger partial charge < -0.3 is 31.2 Å². The monoisotopic (exact) mass is 922 g/mol. The van der Waals surface area contributed by atoms with Crippen LogP contribution in [0, 0.1) is 35.3 Å². The van der Waals surface area contributed by atoms with Crippen molar-refractivity contribution in [2.75, 3.05) is 39.3 Å². The van der Waals surface area contributed by atoms with Gasteiger partial charge in [-0.3, -0.25) is 9.59 Å². The highest BCUT2D eigenvalue weighted by atomic mass is 32.1. The van der Waals surface area contributed by atoms with Crippen LogP contribution < -0.4 is 16.4 Å². The number of aromatic nitrogens is 4. The fourth-order valence-corrected chi connectivity index (χ4v) is 5.98. The standard InChI is InChI=1S/C22H20FN3OS.C11H11FN2O.C9H7N3S.C6H15N.2CH4/c23-18-7-3-16(4-8-18)5-10-21(27)24-13-1-2-19(28)9-6-17-11-14-25-22-20(17)12-15-26-22;12-10-4-1-9(2-5-10)3-6-11(15)14-8-7-13;13-6-10-5-7-1-3-11-9-8(7)2-4-12-9;1-4-7(5-2)6-3;;/h3-4,7-8,11-12,14-15H,1-2,6,9,13H2,(H,24,27)(H,25,26);1-2,4-5H,7-8,13H2,(H,14,15);1-4H,5H2,(H,11,12);4-6H2,1-3H3;2*1H4/i;;;;1D;. The number of hydrogen-bond donors (Lipinski definition) is 5. The van der Waals surface area contributed by atoms with E-state index in [1.54, 1.807) is 12.4 Å². The third-order valence-corrected chi connectivity index (χ3v) is 9.64. The maximum Gasteiger partial charge on any atom is 0.296 e. The Morgan fingerprint density at radius 1 is 0.754 bits per heavy atom. The normalized spacial score (nSPS) is 9.69. The summed E-state index contributed by atoms with van der Waals surface area (Å²) in [6, 6.07) is 19.3. The average molecular weight is 923 g/mol. The van der Waals surface area contributed by atoms with Gasteiger partial charge >= 0.3 is 0 Å². The van der Waals surface area contributed by atoms with Gasteiger partial charge in [0, 0.05) is 79.5 Å². The molecule has 2 amide bonds. The molecule has 0 aliphatic rings. The number of pyridine rings is 2. The summed E-state index contributed by atoms with van der Waals surface area (Å²) < 4.78 is 31.1. The number of aliphatic imine (C=N–C) groups is 1. The number of halogens is 2. The van der Waals surface area contributed by atoms with Crippen LogP contribution in [0.25, 0.3) is 22.1 Å². The van der Waals surface area contributed by atoms with Gasteiger partial charge in [0.15, 0.2) is 0 Å². The zero-order valence-electron chi connectivity index (χ0n) is 37.8. The van der Waals surface area contributed by atoms with Gasteiger partial charge in [-0.25, -0.2) is 23.7 Å². The molecule has 15 heteroatoms. The first-order valence-corrected chi connectivity index (χ1v) is 21.3. The van der Waals surface area contributed by atoms with Crippen LogP contribution in [0.15, 0.2) is 103 Å². The van der Waals surface area contributed by atoms with Gasteiger partial charge in [-0.1, -0.05) is 59.7 Å². The molecule has 0 spiro atoms. The molecule has 0 aliphatic heterocycles. The van der Waals surface area contributed by atoms with Gasteiger partial charge in [-0.2, -0.15) is 0 Å². The van der Waals surface area contributed by atoms with E-state index in [1.807, 2.05) is 36.7 Å². The molecule has 0 bridgehead atoms. The molecule has 0 saturated heterocycles. The number of nitrogens with zero attached hydrogens (tertiary/aromatic N) is 4. The van der Waals surface area contributed by atoms with Crippen LogP contribution in [-0.4, -0.2) is 85.9 Å². The van der Waals surface area contributed by atoms with Crippen molar-refractivity contribution in [3.63, 3.8) is 0 Å². The Morgan fingerprint density at radius 3 is 1.69 bits per heavy atom. The number of isothiocyanates is 1. The lowest BCUT2D eigenvalue weighted by Crippen LogP contribution is -2.27. The number of thiocarbonyl (C=S) groups is 2. The molecule has 0 atom stereocenters. The van der Waals surface area contributed by atoms with Crippen LogP contribution in [0.2, 0.25) is 0 Å². The highest BCUT2D eigenvalue weighted by Gasteiger charge is 2.06. The number of rotatable bonds is 14. The zero-order chi connectivity index (χ0) is 47.7. The number of fused-ring (bicyclic) bond motifs is 2. The summed E-state index contributed by atoms with van der Waals surface area (Å²) in [5.41, 5.74) is 10.5. The number of hydrogen-bond acceptors (Lipinski definition) is 9. The second-order valence-corrected chi connectivity index (χ2v) is 14.2. The van der Waals surface area contributed by atoms with E-state index in [2.05, 4.69) is 102 Å². The van der Waals surface area contributed by atoms with Crippen LogP contribution >= 0.6 is 24.4 Å². The topological polar surface area (TPSA) is 157 Å². The Kier molecular flexibility index (Phi) is 27.9. The molecule has 4 aromatic heterocycles. The molecule has 0 unspecified atom stereocenters. The van der Waals surface area contributed by atoms with Crippen molar-refractivity contribution in [3.05, 3.63) is 131 Å². The summed E-state index contributed by atoms with van der Waals surface area (Å²) in [6.45, 7) is 12.0. The van der Waals surface area contributed by atoms with Crippen LogP contribution in [-0.2, 0) is 22.6 Å². The Hall–Kier alpha value is -6.45. The van der Waals surface area contributed by atoms with Crippen molar-refractivity contribution in [1.29, 1.82) is 0 Å². The van der Waals surface area contributed by atoms with E-state index in [4.69, 9.17) is 19.3 Å². The maximum atomic E-state index is 12.8. The molecule has 0 aliphatic carbocycles. The first-order valence-electron chi connectivity index (χ1n) is 21.5. The van der Waals surface area contributed by atoms with E-state index in [9.17, 15) is 18.4 Å². The summed E-state index contributed by atoms with van der Waals surface area (Å²) in [4.78, 5) is 44.6. The molecule has 65 heavy (non-hydrogen) atoms. The Balaban J connectivity index is 0.000000483. The Morgan fingerprint density at radius 2 is 1.23 bits per heavy atom. The van der Waals surface area contributed by atoms with E-state index in [0.717, 1.165) is 58.2 Å². The summed E-state index contributed by atoms with van der Waals surface area (Å²) >= 11 is 9.98. The van der Waals surface area contributed by atoms with Gasteiger partial charge in [-0.05, 0) is 146 Å². The van der Waals surface area contributed by atoms with Crippen molar-refractivity contribution in [2.24, 2.45) is 10.7 Å². The third kappa shape index (κ3) is 22.1. The van der Waals surface area contributed by atoms with E-state index in [0.29, 0.717) is 37.3 Å². The number of nitrogens with one attached hydrogen (secondary N) is 4. The Labute approximate surface area is 394 Å². The number of carbonyl (C=O) groups is 2. The van der Waals surface area contributed by atoms with E-state index in [-0.39, 0.29) is 30.9 Å². The number of amides is 2. The molecule has 6 rings (SSSR count). The van der Waals surface area contributed by atoms with Crippen molar-refractivity contribution in [2.45, 2.75) is 67.8 Å². The molecule has 344 valence electrons. The summed E-state index contributed by atoms with van der Waals surface area (Å²) in [6.07, 6.45) is 10.6. The van der Waals surface area contributed by atoms with Crippen LogP contribution in [0.3, 0.4) is 0 Å². The first-order chi connectivity index (χ1) is 31.6. The van der Waals surface area contributed by atoms with E-state index < -0.39 is 0 Å². The molecule has 11 nitrogen and oxygen atoms in total. The molecular formula is C50H61F2N9O2S2. The lowest BCUT2D eigenvalue weighted by atomic mass is 10.0. The second kappa shape index (κ2) is 33.1. The molecule has 6 aromatic rings. The maximum absolute atomic E-state index is 12.8. The van der Waals surface area contributed by atoms with Crippen molar-refractivity contribution in [1.82, 2.24) is 35.5 Å². The number of carbonyl (C=O) groups excluding carboxylic acids is 2. The first kappa shape index (κ1) is 54.7. The zero-order valence-corrected chi connectivity index (χ0v) is 38.4. The SMILES string of the molecule is C.CCN(CC)CC.NCCNC(=O)C#Cc1ccc(F)cc1.O=C(C#Cc1ccc(F)cc1)NCCCC(=S)CCc1ccnc2[nH]ccc12.S=C=NCc1ccnc2[nH]ccc12.[2H]C. The lowest BCUT2D eigenvalue weighted by molar-refractivity contribution is -0.116. The van der Waals surface area contributed by atoms with E-state index in [1.165, 1.54) is 81.1 Å². The van der Waals surface area contributed by atoms with Gasteiger partial charge in [0.1, 0.15) is 22.9 Å². The number of aromatic amines is 2. The molecule has 4 heterocycles. The highest BCUT2D eigenvalue weighted by Crippen LogP contribution is 2.18. The Bertz CT molecular complexity index is 2510. The third-order valence-electron chi connectivity index (χ3n) is 9.11. The predicted molar refractivity (Wildman–Crippen MR) is 270 cm³/mol. The van der Waals surface area contributed by atoms with Gasteiger partial charge in [-0.15, -0.1) is 0 Å². The quantitative estimate of drug-likeness (QED) is 0.0314. The minimum absolute atomic E-state index is 0. The molecule has 2 aromatic carbocycles. The number of aryl methyl sites for hydroxylation is 1. The van der Waals surface area contributed by atoms with Gasteiger partial charge in [0.25, 0.3) is 11.8 Å². The molecule has 0 fully saturated rings. The average Bonchev–Trinajstić information content (AvgIpc) is 4.04. The molecule has 0 radical (unpaired) electrons. The summed E-state index contributed by atoms with van der Waals surface area (Å²) in [5.74, 6) is 8.82. The highest BCUT2D eigenvalue weighted by molar-refractivity contribution is 7.80. The minimum atomic E-state index is -0.384. The van der Waals surface area contributed by atoms with E-state index >= 15 is 0 Å². The fourth-order valence-electron chi connectivity index (χ4n) is 5.67. The van der Waals surface area contributed by atoms with Crippen molar-refractivity contribution in [3.8, 4) is 23.7 Å². The van der Waals surface area contributed by atoms with Gasteiger partial charge in [0.2, 0.25) is 0 Å². The number of benzene rings is 2. The number of nitrogens with two attached hydrogens (primary N) is 1. The fraction of sp³-hybridized carbons (Fsp3) is 0.320. The second-order valence-electron chi connectivity index (χ2n) is 13.4. The minimum Gasteiger partial charge on any atom is -0.346 e. The van der Waals surface area contributed by atoms with Crippen molar-refractivity contribution < 1.29 is 19.7 Å². The summed E-state index contributed by atoms with van der Waals surface area (Å²) in [7, 11) is 1.25. The molecule has 6 N–H and O–H groups in total. The van der Waals surface area contributed by atoms with Gasteiger partial charge in [0.05, 0.1) is 11.7 Å². The van der Waals surface area contributed by atoms with Crippen LogP contribution in [0.5, 0.6) is 0 Å². The number of H-pyrrole nitrogens is 2. The largest absolute Gasteiger partial charge is 0.346 e. The van der Waals surface area contributed by atoms with Crippen LogP contribution in [0.4, 0.5) is 8.78 Å². The smallest absolute Gasteiger partial charge is 0.296 e. The molecule has 0 saturated carbocycles. The lowest BCUT2D eigenvalue weighted by Gasteiger charge is -2.13. The van der Waals surface area contributed by atoms with Crippen molar-refractivity contribution >= 4 is 68.3 Å². The molecular weight excluding hydrogens is 861 g/mol.